The van der Waals surface area contributed by atoms with Gasteiger partial charge in [0, 0.05) is 35.5 Å². The molecule has 2 atom stereocenters. The van der Waals surface area contributed by atoms with Gasteiger partial charge in [-0.3, -0.25) is 4.90 Å². The molecule has 0 radical (unpaired) electrons. The third-order valence-electron chi connectivity index (χ3n) is 3.20. The highest BCUT2D eigenvalue weighted by molar-refractivity contribution is 7.99. The molecule has 1 aliphatic heterocycles. The van der Waals surface area contributed by atoms with E-state index in [1.807, 2.05) is 17.8 Å². The summed E-state index contributed by atoms with van der Waals surface area (Å²) in [5.74, 6) is 2.43. The fourth-order valence-electron chi connectivity index (χ4n) is 2.23. The van der Waals surface area contributed by atoms with Crippen LogP contribution in [0.4, 0.5) is 0 Å². The Kier molecular flexibility index (Phi) is 5.18. The maximum atomic E-state index is 6.30. The number of rotatable bonds is 4. The molecule has 2 heterocycles. The molecule has 1 saturated heterocycles. The van der Waals surface area contributed by atoms with Gasteiger partial charge in [-0.05, 0) is 18.6 Å². The number of thioether (sulfide) groups is 1. The van der Waals surface area contributed by atoms with Crippen LogP contribution in [0.2, 0.25) is 4.34 Å². The summed E-state index contributed by atoms with van der Waals surface area (Å²) in [6.45, 7) is 4.43. The zero-order valence-electron chi connectivity index (χ0n) is 10.1. The average Bonchev–Trinajstić information content (AvgIpc) is 2.77. The van der Waals surface area contributed by atoms with E-state index in [0.717, 1.165) is 23.8 Å². The summed E-state index contributed by atoms with van der Waals surface area (Å²) in [5.41, 5.74) is 6.30. The molecule has 1 aromatic heterocycles. The summed E-state index contributed by atoms with van der Waals surface area (Å²) in [5, 5.41) is 0. The van der Waals surface area contributed by atoms with Crippen molar-refractivity contribution in [3.05, 3.63) is 21.3 Å². The van der Waals surface area contributed by atoms with E-state index in [1.165, 1.54) is 16.4 Å². The van der Waals surface area contributed by atoms with E-state index in [0.29, 0.717) is 6.04 Å². The molecule has 1 fully saturated rings. The number of hydrogen-bond acceptors (Lipinski definition) is 4. The molecule has 2 N–H and O–H groups in total. The standard InChI is InChI=1S/C12H19ClN2S2/c1-2-9(14)12(10-3-4-11(13)17-10)15-5-7-16-8-6-15/h3-4,9,12H,2,5-8,14H2,1H3. The minimum atomic E-state index is 0.202. The third-order valence-corrected chi connectivity index (χ3v) is 5.45. The zero-order chi connectivity index (χ0) is 12.3. The molecule has 0 spiro atoms. The van der Waals surface area contributed by atoms with E-state index in [-0.39, 0.29) is 6.04 Å². The first-order valence-corrected chi connectivity index (χ1v) is 8.40. The molecule has 2 unspecified atom stereocenters. The van der Waals surface area contributed by atoms with Crippen molar-refractivity contribution >= 4 is 34.7 Å². The predicted octanol–water partition coefficient (Wildman–Crippen LogP) is 3.23. The van der Waals surface area contributed by atoms with E-state index in [4.69, 9.17) is 17.3 Å². The number of nitrogens with two attached hydrogens (primary N) is 1. The van der Waals surface area contributed by atoms with Gasteiger partial charge in [-0.1, -0.05) is 18.5 Å². The molecule has 2 nitrogen and oxygen atoms in total. The second kappa shape index (κ2) is 6.43. The van der Waals surface area contributed by atoms with Gasteiger partial charge >= 0.3 is 0 Å². The molecule has 96 valence electrons. The van der Waals surface area contributed by atoms with E-state index in [9.17, 15) is 0 Å². The zero-order valence-corrected chi connectivity index (χ0v) is 12.5. The highest BCUT2D eigenvalue weighted by Crippen LogP contribution is 2.34. The smallest absolute Gasteiger partial charge is 0.0931 e. The fourth-order valence-corrected chi connectivity index (χ4v) is 4.43. The van der Waals surface area contributed by atoms with E-state index in [1.54, 1.807) is 11.3 Å². The van der Waals surface area contributed by atoms with Gasteiger partial charge in [-0.25, -0.2) is 0 Å². The van der Waals surface area contributed by atoms with Crippen LogP contribution in [0.1, 0.15) is 24.3 Å². The second-order valence-electron chi connectivity index (χ2n) is 4.31. The molecule has 17 heavy (non-hydrogen) atoms. The molecule has 0 aliphatic carbocycles. The first kappa shape index (κ1) is 13.7. The maximum Gasteiger partial charge on any atom is 0.0931 e. The Hall–Kier alpha value is 0.260. The number of hydrogen-bond donors (Lipinski definition) is 1. The van der Waals surface area contributed by atoms with Crippen molar-refractivity contribution in [2.24, 2.45) is 5.73 Å². The third kappa shape index (κ3) is 3.38. The van der Waals surface area contributed by atoms with Crippen LogP contribution in [0, 0.1) is 0 Å². The maximum absolute atomic E-state index is 6.30. The summed E-state index contributed by atoms with van der Waals surface area (Å²) in [6, 6.07) is 4.66. The lowest BCUT2D eigenvalue weighted by molar-refractivity contribution is 0.189. The van der Waals surface area contributed by atoms with Crippen molar-refractivity contribution in [1.29, 1.82) is 0 Å². The molecule has 1 aliphatic rings. The van der Waals surface area contributed by atoms with Gasteiger partial charge in [0.05, 0.1) is 10.4 Å². The number of thiophene rings is 1. The number of nitrogens with zero attached hydrogens (tertiary/aromatic N) is 1. The molecule has 5 heteroatoms. The lowest BCUT2D eigenvalue weighted by atomic mass is 10.0. The van der Waals surface area contributed by atoms with Gasteiger partial charge in [0.2, 0.25) is 0 Å². The highest BCUT2D eigenvalue weighted by atomic mass is 35.5. The van der Waals surface area contributed by atoms with Crippen molar-refractivity contribution in [3.63, 3.8) is 0 Å². The molecule has 1 aromatic rings. The van der Waals surface area contributed by atoms with Crippen LogP contribution in [-0.4, -0.2) is 35.5 Å². The lowest BCUT2D eigenvalue weighted by Crippen LogP contribution is -2.44. The van der Waals surface area contributed by atoms with E-state index >= 15 is 0 Å². The van der Waals surface area contributed by atoms with Crippen molar-refractivity contribution in [2.45, 2.75) is 25.4 Å². The van der Waals surface area contributed by atoms with Crippen LogP contribution in [0.15, 0.2) is 12.1 Å². The minimum Gasteiger partial charge on any atom is -0.326 e. The quantitative estimate of drug-likeness (QED) is 0.923. The summed E-state index contributed by atoms with van der Waals surface area (Å²) in [7, 11) is 0. The summed E-state index contributed by atoms with van der Waals surface area (Å²) in [6.07, 6.45) is 1.00. The van der Waals surface area contributed by atoms with Crippen LogP contribution in [-0.2, 0) is 0 Å². The SMILES string of the molecule is CCC(N)C(c1ccc(Cl)s1)N1CCSCC1. The van der Waals surface area contributed by atoms with Crippen molar-refractivity contribution < 1.29 is 0 Å². The van der Waals surface area contributed by atoms with E-state index < -0.39 is 0 Å². The van der Waals surface area contributed by atoms with Crippen molar-refractivity contribution in [3.8, 4) is 0 Å². The average molecular weight is 291 g/mol. The highest BCUT2D eigenvalue weighted by Gasteiger charge is 2.28. The van der Waals surface area contributed by atoms with Crippen LogP contribution in [0.5, 0.6) is 0 Å². The monoisotopic (exact) mass is 290 g/mol. The van der Waals surface area contributed by atoms with Gasteiger partial charge in [0.15, 0.2) is 0 Å². The Labute approximate surface area is 117 Å². The topological polar surface area (TPSA) is 29.3 Å². The van der Waals surface area contributed by atoms with Crippen LogP contribution in [0.3, 0.4) is 0 Å². The van der Waals surface area contributed by atoms with Crippen LogP contribution < -0.4 is 5.73 Å². The molecular weight excluding hydrogens is 272 g/mol. The van der Waals surface area contributed by atoms with Crippen molar-refractivity contribution in [2.75, 3.05) is 24.6 Å². The van der Waals surface area contributed by atoms with Gasteiger partial charge in [0.1, 0.15) is 0 Å². The van der Waals surface area contributed by atoms with Gasteiger partial charge < -0.3 is 5.73 Å². The normalized spacial score (nSPS) is 21.4. The molecular formula is C12H19ClN2S2. The Morgan fingerprint density at radius 3 is 2.65 bits per heavy atom. The van der Waals surface area contributed by atoms with Crippen molar-refractivity contribution in [1.82, 2.24) is 4.90 Å². The predicted molar refractivity (Wildman–Crippen MR) is 79.2 cm³/mol. The fraction of sp³-hybridized carbons (Fsp3) is 0.667. The Morgan fingerprint density at radius 1 is 1.41 bits per heavy atom. The summed E-state index contributed by atoms with van der Waals surface area (Å²) >= 11 is 9.75. The minimum absolute atomic E-state index is 0.202. The molecule has 0 saturated carbocycles. The molecule has 0 aromatic carbocycles. The molecule has 0 amide bonds. The van der Waals surface area contributed by atoms with Crippen LogP contribution >= 0.6 is 34.7 Å². The Balaban J connectivity index is 2.17. The molecule has 0 bridgehead atoms. The van der Waals surface area contributed by atoms with Crippen LogP contribution in [0.25, 0.3) is 0 Å². The second-order valence-corrected chi connectivity index (χ2v) is 7.28. The van der Waals surface area contributed by atoms with Gasteiger partial charge in [-0.15, -0.1) is 11.3 Å². The van der Waals surface area contributed by atoms with E-state index in [2.05, 4.69) is 17.9 Å². The molecule has 2 rings (SSSR count). The Morgan fingerprint density at radius 2 is 2.12 bits per heavy atom. The summed E-state index contributed by atoms with van der Waals surface area (Å²) < 4.78 is 0.861. The van der Waals surface area contributed by atoms with Gasteiger partial charge in [-0.2, -0.15) is 11.8 Å². The summed E-state index contributed by atoms with van der Waals surface area (Å²) in [4.78, 5) is 3.84. The first-order valence-electron chi connectivity index (χ1n) is 6.05. The number of halogens is 1. The Bertz CT molecular complexity index is 350. The van der Waals surface area contributed by atoms with Gasteiger partial charge in [0.25, 0.3) is 0 Å². The first-order chi connectivity index (χ1) is 8.22. The lowest BCUT2D eigenvalue weighted by Gasteiger charge is -2.36. The largest absolute Gasteiger partial charge is 0.326 e.